The summed E-state index contributed by atoms with van der Waals surface area (Å²) in [6.45, 7) is 0.628. The minimum Gasteiger partial charge on any atom is -0.327 e. The van der Waals surface area contributed by atoms with Crippen molar-refractivity contribution >= 4 is 38.7 Å². The summed E-state index contributed by atoms with van der Waals surface area (Å²) in [5.41, 5.74) is 2.77. The zero-order valence-electron chi connectivity index (χ0n) is 13.5. The van der Waals surface area contributed by atoms with Crippen molar-refractivity contribution in [3.05, 3.63) is 28.5 Å². The number of hydrogen-bond acceptors (Lipinski definition) is 5. The van der Waals surface area contributed by atoms with Crippen molar-refractivity contribution < 1.29 is 17.3 Å². The Hall–Kier alpha value is -1.64. The molecule has 7 nitrogen and oxygen atoms in total. The highest BCUT2D eigenvalue weighted by atomic mass is 35.5. The summed E-state index contributed by atoms with van der Waals surface area (Å²) in [5, 5.41) is 4.19. The number of imidazole rings is 1. The Labute approximate surface area is 150 Å². The van der Waals surface area contributed by atoms with Gasteiger partial charge in [-0.3, -0.25) is 4.55 Å². The normalized spacial score (nSPS) is 20.3. The van der Waals surface area contributed by atoms with E-state index in [-0.39, 0.29) is 0 Å². The van der Waals surface area contributed by atoms with E-state index in [1.807, 2.05) is 0 Å². The minimum absolute atomic E-state index is 0.428. The van der Waals surface area contributed by atoms with Gasteiger partial charge in [0.1, 0.15) is 11.3 Å². The Morgan fingerprint density at radius 2 is 2.04 bits per heavy atom. The van der Waals surface area contributed by atoms with E-state index >= 15 is 0 Å². The molecule has 2 heterocycles. The van der Waals surface area contributed by atoms with Gasteiger partial charge in [-0.2, -0.15) is 8.42 Å². The molecule has 25 heavy (non-hydrogen) atoms. The average Bonchev–Trinajstić information content (AvgIpc) is 2.98. The Balaban J connectivity index is 1.84. The molecule has 1 aromatic carbocycles. The topological polar surface area (TPSA) is 93.8 Å². The predicted octanol–water partition coefficient (Wildman–Crippen LogP) is 3.66. The van der Waals surface area contributed by atoms with Gasteiger partial charge in [-0.05, 0) is 25.0 Å². The van der Waals surface area contributed by atoms with E-state index in [0.29, 0.717) is 35.1 Å². The second-order valence-electron chi connectivity index (χ2n) is 6.54. The van der Waals surface area contributed by atoms with Crippen molar-refractivity contribution in [1.29, 1.82) is 0 Å². The van der Waals surface area contributed by atoms with Crippen LogP contribution in [0.4, 0.5) is 0 Å². The number of rotatable bonds is 3. The summed E-state index contributed by atoms with van der Waals surface area (Å²) in [6, 6.07) is 3.52. The molecule has 1 fully saturated rings. The molecule has 0 radical (unpaired) electrons. The van der Waals surface area contributed by atoms with Gasteiger partial charge in [-0.1, -0.05) is 36.0 Å². The highest BCUT2D eigenvalue weighted by Crippen LogP contribution is 2.38. The third-order valence-corrected chi connectivity index (χ3v) is 5.54. The molecule has 0 atom stereocenters. The van der Waals surface area contributed by atoms with E-state index in [1.54, 1.807) is 12.1 Å². The Morgan fingerprint density at radius 1 is 1.28 bits per heavy atom. The number of halogens is 1. The monoisotopic (exact) mass is 383 g/mol. The maximum absolute atomic E-state index is 10.8. The van der Waals surface area contributed by atoms with E-state index in [4.69, 9.17) is 21.1 Å². The van der Waals surface area contributed by atoms with Crippen LogP contribution < -0.4 is 0 Å². The van der Waals surface area contributed by atoms with Gasteiger partial charge in [0, 0.05) is 24.4 Å². The molecular weight excluding hydrogens is 366 g/mol. The lowest BCUT2D eigenvalue weighted by Crippen LogP contribution is -2.19. The number of aromatic nitrogens is 2. The second-order valence-corrected chi connectivity index (χ2v) is 7.95. The number of nitrogens with zero attached hydrogens (tertiary/aromatic N) is 3. The number of hydrogen-bond donors (Lipinski definition) is 1. The van der Waals surface area contributed by atoms with Crippen LogP contribution in [0.15, 0.2) is 17.3 Å². The maximum atomic E-state index is 10.8. The van der Waals surface area contributed by atoms with Crippen molar-refractivity contribution in [2.24, 2.45) is 5.16 Å². The number of benzene rings is 1. The first-order valence-electron chi connectivity index (χ1n) is 8.36. The van der Waals surface area contributed by atoms with Crippen molar-refractivity contribution in [3.63, 3.8) is 0 Å². The SMILES string of the molecule is O=S(=O)(O)O/N=C1\CCn2c(C3CCCCC3)nc3c(Cl)ccc1c32. The molecule has 2 aromatic rings. The first kappa shape index (κ1) is 16.8. The maximum Gasteiger partial charge on any atom is 0.466 e. The van der Waals surface area contributed by atoms with Crippen molar-refractivity contribution in [2.75, 3.05) is 0 Å². The molecule has 0 bridgehead atoms. The lowest BCUT2D eigenvalue weighted by atomic mass is 9.88. The molecule has 0 unspecified atom stereocenters. The van der Waals surface area contributed by atoms with Crippen LogP contribution in [0, 0.1) is 0 Å². The van der Waals surface area contributed by atoms with Crippen LogP contribution in [0.5, 0.6) is 0 Å². The summed E-state index contributed by atoms with van der Waals surface area (Å²) in [7, 11) is -4.63. The fourth-order valence-electron chi connectivity index (χ4n) is 3.90. The Bertz CT molecular complexity index is 961. The molecule has 1 aromatic heterocycles. The van der Waals surface area contributed by atoms with Gasteiger partial charge in [-0.15, -0.1) is 0 Å². The van der Waals surface area contributed by atoms with Crippen LogP contribution in [-0.2, 0) is 21.2 Å². The van der Waals surface area contributed by atoms with Gasteiger partial charge in [0.2, 0.25) is 0 Å². The van der Waals surface area contributed by atoms with Crippen molar-refractivity contribution in [2.45, 2.75) is 51.0 Å². The molecule has 1 saturated carbocycles. The van der Waals surface area contributed by atoms with Crippen LogP contribution >= 0.6 is 11.6 Å². The van der Waals surface area contributed by atoms with Crippen LogP contribution in [0.3, 0.4) is 0 Å². The van der Waals surface area contributed by atoms with E-state index < -0.39 is 10.4 Å². The minimum atomic E-state index is -4.63. The summed E-state index contributed by atoms with van der Waals surface area (Å²) in [5.74, 6) is 1.48. The predicted molar refractivity (Wildman–Crippen MR) is 94.4 cm³/mol. The molecule has 0 saturated heterocycles. The number of aryl methyl sites for hydroxylation is 1. The van der Waals surface area contributed by atoms with Gasteiger partial charge in [0.15, 0.2) is 0 Å². The zero-order valence-corrected chi connectivity index (χ0v) is 15.1. The summed E-state index contributed by atoms with van der Waals surface area (Å²) in [6.07, 6.45) is 6.45. The fourth-order valence-corrected chi connectivity index (χ4v) is 4.27. The van der Waals surface area contributed by atoms with Crippen LogP contribution in [0.1, 0.15) is 55.8 Å². The quantitative estimate of drug-likeness (QED) is 0.644. The lowest BCUT2D eigenvalue weighted by Gasteiger charge is -2.24. The summed E-state index contributed by atoms with van der Waals surface area (Å²) < 4.78 is 36.8. The lowest BCUT2D eigenvalue weighted by molar-refractivity contribution is 0.281. The van der Waals surface area contributed by atoms with Gasteiger partial charge in [-0.25, -0.2) is 9.27 Å². The summed E-state index contributed by atoms with van der Waals surface area (Å²) in [4.78, 5) is 4.82. The highest BCUT2D eigenvalue weighted by Gasteiger charge is 2.28. The smallest absolute Gasteiger partial charge is 0.327 e. The fraction of sp³-hybridized carbons (Fsp3) is 0.500. The largest absolute Gasteiger partial charge is 0.466 e. The van der Waals surface area contributed by atoms with Crippen molar-refractivity contribution in [1.82, 2.24) is 9.55 Å². The molecule has 4 rings (SSSR count). The first-order valence-corrected chi connectivity index (χ1v) is 10.1. The van der Waals surface area contributed by atoms with E-state index in [0.717, 1.165) is 29.7 Å². The standard InChI is InChI=1S/C16H18ClN3O4S/c17-12-7-6-11-13(19-24-25(21,22)23)8-9-20-15(11)14(12)18-16(20)10-4-2-1-3-5-10/h6-7,10H,1-5,8-9H2,(H,21,22,23)/b19-13+. The average molecular weight is 384 g/mol. The highest BCUT2D eigenvalue weighted by molar-refractivity contribution is 7.80. The van der Waals surface area contributed by atoms with Gasteiger partial charge in [0.25, 0.3) is 0 Å². The second kappa shape index (κ2) is 6.26. The van der Waals surface area contributed by atoms with E-state index in [2.05, 4.69) is 14.0 Å². The zero-order chi connectivity index (χ0) is 17.6. The molecule has 0 amide bonds. The first-order chi connectivity index (χ1) is 11.9. The molecule has 1 aliphatic heterocycles. The van der Waals surface area contributed by atoms with E-state index in [1.165, 1.54) is 19.3 Å². The Kier molecular flexibility index (Phi) is 4.21. The van der Waals surface area contributed by atoms with Gasteiger partial charge in [0.05, 0.1) is 16.3 Å². The molecular formula is C16H18ClN3O4S. The van der Waals surface area contributed by atoms with E-state index in [9.17, 15) is 8.42 Å². The van der Waals surface area contributed by atoms with Gasteiger partial charge < -0.3 is 4.57 Å². The van der Waals surface area contributed by atoms with Gasteiger partial charge >= 0.3 is 10.4 Å². The van der Waals surface area contributed by atoms with Crippen LogP contribution in [-0.4, -0.2) is 28.2 Å². The number of oxime groups is 1. The Morgan fingerprint density at radius 3 is 2.76 bits per heavy atom. The van der Waals surface area contributed by atoms with Crippen LogP contribution in [0.25, 0.3) is 11.0 Å². The van der Waals surface area contributed by atoms with Crippen molar-refractivity contribution in [3.8, 4) is 0 Å². The molecule has 9 heteroatoms. The molecule has 1 aliphatic carbocycles. The molecule has 1 N–H and O–H groups in total. The molecule has 2 aliphatic rings. The molecule has 0 spiro atoms. The summed E-state index contributed by atoms with van der Waals surface area (Å²) >= 11 is 6.35. The molecule has 134 valence electrons. The third kappa shape index (κ3) is 3.14. The van der Waals surface area contributed by atoms with Crippen LogP contribution in [0.2, 0.25) is 5.02 Å². The third-order valence-electron chi connectivity index (χ3n) is 4.97.